The third-order valence-corrected chi connectivity index (χ3v) is 4.51. The molecule has 134 valence electrons. The van der Waals surface area contributed by atoms with E-state index in [0.29, 0.717) is 29.4 Å². The van der Waals surface area contributed by atoms with E-state index in [9.17, 15) is 10.2 Å². The van der Waals surface area contributed by atoms with Crippen molar-refractivity contribution in [2.24, 2.45) is 0 Å². The molecule has 0 spiro atoms. The summed E-state index contributed by atoms with van der Waals surface area (Å²) in [6, 6.07) is 12.6. The molecule has 1 fully saturated rings. The largest absolute Gasteiger partial charge is 0.497 e. The van der Waals surface area contributed by atoms with Crippen LogP contribution in [0.2, 0.25) is 5.02 Å². The van der Waals surface area contributed by atoms with Crippen LogP contribution in [0.15, 0.2) is 42.5 Å². The molecule has 2 aromatic rings. The van der Waals surface area contributed by atoms with E-state index in [1.807, 2.05) is 12.1 Å². The molecule has 5 nitrogen and oxygen atoms in total. The zero-order valence-electron chi connectivity index (χ0n) is 13.9. The molecular formula is C19H21ClO5. The van der Waals surface area contributed by atoms with Crippen molar-refractivity contribution in [2.45, 2.75) is 31.2 Å². The van der Waals surface area contributed by atoms with Crippen molar-refractivity contribution in [2.75, 3.05) is 13.7 Å². The van der Waals surface area contributed by atoms with Gasteiger partial charge in [-0.1, -0.05) is 17.7 Å². The Morgan fingerprint density at radius 2 is 1.84 bits per heavy atom. The molecule has 2 aromatic carbocycles. The Bertz CT molecular complexity index is 703. The van der Waals surface area contributed by atoms with E-state index in [2.05, 4.69) is 0 Å². The fourth-order valence-corrected chi connectivity index (χ4v) is 3.05. The highest BCUT2D eigenvalue weighted by atomic mass is 35.5. The maximum absolute atomic E-state index is 9.99. The smallest absolute Gasteiger partial charge is 0.146 e. The molecule has 3 rings (SSSR count). The molecule has 3 unspecified atom stereocenters. The summed E-state index contributed by atoms with van der Waals surface area (Å²) in [4.78, 5) is 0. The molecule has 2 N–H and O–H groups in total. The minimum atomic E-state index is -0.502. The summed E-state index contributed by atoms with van der Waals surface area (Å²) in [6.07, 6.45) is -0.264. The van der Waals surface area contributed by atoms with E-state index in [1.54, 1.807) is 37.4 Å². The van der Waals surface area contributed by atoms with E-state index >= 15 is 0 Å². The number of aliphatic hydroxyl groups is 2. The zero-order chi connectivity index (χ0) is 17.8. The number of rotatable bonds is 5. The molecule has 0 aromatic heterocycles. The van der Waals surface area contributed by atoms with Crippen LogP contribution in [-0.4, -0.2) is 36.1 Å². The molecule has 6 heteroatoms. The highest BCUT2D eigenvalue weighted by Crippen LogP contribution is 2.37. The van der Waals surface area contributed by atoms with E-state index in [0.717, 1.165) is 11.3 Å². The number of halogens is 1. The Kier molecular flexibility index (Phi) is 5.81. The first-order valence-electron chi connectivity index (χ1n) is 8.14. The lowest BCUT2D eigenvalue weighted by Crippen LogP contribution is -2.33. The minimum Gasteiger partial charge on any atom is -0.497 e. The first-order valence-corrected chi connectivity index (χ1v) is 8.52. The van der Waals surface area contributed by atoms with Crippen LogP contribution in [0, 0.1) is 0 Å². The summed E-state index contributed by atoms with van der Waals surface area (Å²) in [5.74, 6) is 1.89. The Hall–Kier alpha value is -1.79. The van der Waals surface area contributed by atoms with Crippen LogP contribution < -0.4 is 9.47 Å². The molecule has 25 heavy (non-hydrogen) atoms. The minimum absolute atomic E-state index is 0.115. The Balaban J connectivity index is 1.79. The van der Waals surface area contributed by atoms with E-state index in [-0.39, 0.29) is 18.8 Å². The van der Waals surface area contributed by atoms with Crippen LogP contribution in [0.5, 0.6) is 17.2 Å². The monoisotopic (exact) mass is 364 g/mol. The summed E-state index contributed by atoms with van der Waals surface area (Å²) in [5, 5.41) is 19.8. The number of hydrogen-bond acceptors (Lipinski definition) is 5. The van der Waals surface area contributed by atoms with Gasteiger partial charge in [0.05, 0.1) is 37.1 Å². The van der Waals surface area contributed by atoms with E-state index in [4.69, 9.17) is 25.8 Å². The van der Waals surface area contributed by atoms with Gasteiger partial charge in [0.15, 0.2) is 0 Å². The van der Waals surface area contributed by atoms with Gasteiger partial charge in [-0.25, -0.2) is 0 Å². The van der Waals surface area contributed by atoms with Crippen molar-refractivity contribution >= 4 is 11.6 Å². The van der Waals surface area contributed by atoms with Crippen LogP contribution in [-0.2, 0) is 4.74 Å². The highest BCUT2D eigenvalue weighted by molar-refractivity contribution is 6.32. The molecule has 1 heterocycles. The standard InChI is InChI=1S/C19H21ClO5/c1-23-14-3-5-15(6-4-14)24-19-8-12(2-7-17(19)20)18-10-13(22)9-16(11-21)25-18/h2-8,13,16,18,21-22H,9-11H2,1H3. The average Bonchev–Trinajstić information content (AvgIpc) is 2.63. The van der Waals surface area contributed by atoms with Crippen molar-refractivity contribution in [1.82, 2.24) is 0 Å². The fraction of sp³-hybridized carbons (Fsp3) is 0.368. The van der Waals surface area contributed by atoms with Gasteiger partial charge in [0.25, 0.3) is 0 Å². The zero-order valence-corrected chi connectivity index (χ0v) is 14.6. The van der Waals surface area contributed by atoms with Gasteiger partial charge in [-0.3, -0.25) is 0 Å². The predicted octanol–water partition coefficient (Wildman–Crippen LogP) is 3.71. The SMILES string of the molecule is COc1ccc(Oc2cc(C3CC(O)CC(CO)O3)ccc2Cl)cc1. The number of hydrogen-bond donors (Lipinski definition) is 2. The second-order valence-electron chi connectivity index (χ2n) is 6.02. The third kappa shape index (κ3) is 4.44. The molecule has 3 atom stereocenters. The first kappa shape index (κ1) is 18.0. The molecule has 0 amide bonds. The first-order chi connectivity index (χ1) is 12.1. The van der Waals surface area contributed by atoms with Crippen LogP contribution in [0.25, 0.3) is 0 Å². The van der Waals surface area contributed by atoms with Crippen molar-refractivity contribution in [3.8, 4) is 17.2 Å². The van der Waals surface area contributed by atoms with Crippen LogP contribution >= 0.6 is 11.6 Å². The van der Waals surface area contributed by atoms with Crippen molar-refractivity contribution < 1.29 is 24.4 Å². The van der Waals surface area contributed by atoms with Gasteiger partial charge in [-0.15, -0.1) is 0 Å². The quantitative estimate of drug-likeness (QED) is 0.846. The summed E-state index contributed by atoms with van der Waals surface area (Å²) in [7, 11) is 1.61. The summed E-state index contributed by atoms with van der Waals surface area (Å²) >= 11 is 6.25. The highest BCUT2D eigenvalue weighted by Gasteiger charge is 2.29. The second kappa shape index (κ2) is 8.06. The van der Waals surface area contributed by atoms with Gasteiger partial charge in [-0.05, 0) is 42.0 Å². The van der Waals surface area contributed by atoms with Gasteiger partial charge in [0.2, 0.25) is 0 Å². The topological polar surface area (TPSA) is 68.2 Å². The fourth-order valence-electron chi connectivity index (χ4n) is 2.89. The molecule has 0 aliphatic carbocycles. The molecule has 0 bridgehead atoms. The summed E-state index contributed by atoms with van der Waals surface area (Å²) in [6.45, 7) is -0.115. The molecule has 0 saturated carbocycles. The third-order valence-electron chi connectivity index (χ3n) is 4.20. The van der Waals surface area contributed by atoms with Gasteiger partial charge >= 0.3 is 0 Å². The lowest BCUT2D eigenvalue weighted by Gasteiger charge is -2.32. The van der Waals surface area contributed by atoms with Crippen molar-refractivity contribution in [1.29, 1.82) is 0 Å². The molecule has 1 aliphatic heterocycles. The lowest BCUT2D eigenvalue weighted by molar-refractivity contribution is -0.113. The average molecular weight is 365 g/mol. The van der Waals surface area contributed by atoms with Crippen LogP contribution in [0.4, 0.5) is 0 Å². The lowest BCUT2D eigenvalue weighted by atomic mass is 9.96. The van der Waals surface area contributed by atoms with Crippen molar-refractivity contribution in [3.63, 3.8) is 0 Å². The van der Waals surface area contributed by atoms with E-state index in [1.165, 1.54) is 0 Å². The maximum Gasteiger partial charge on any atom is 0.146 e. The van der Waals surface area contributed by atoms with Gasteiger partial charge in [0, 0.05) is 12.8 Å². The Morgan fingerprint density at radius 1 is 1.12 bits per heavy atom. The number of benzene rings is 2. The maximum atomic E-state index is 9.99. The molecular weight excluding hydrogens is 344 g/mol. The predicted molar refractivity (Wildman–Crippen MR) is 94.5 cm³/mol. The van der Waals surface area contributed by atoms with Crippen LogP contribution in [0.3, 0.4) is 0 Å². The van der Waals surface area contributed by atoms with Crippen molar-refractivity contribution in [3.05, 3.63) is 53.1 Å². The summed E-state index contributed by atoms with van der Waals surface area (Å²) in [5.41, 5.74) is 0.852. The number of ether oxygens (including phenoxy) is 3. The van der Waals surface area contributed by atoms with Gasteiger partial charge in [0.1, 0.15) is 17.2 Å². The Labute approximate surface area is 151 Å². The van der Waals surface area contributed by atoms with Crippen LogP contribution in [0.1, 0.15) is 24.5 Å². The molecule has 0 radical (unpaired) electrons. The summed E-state index contributed by atoms with van der Waals surface area (Å²) < 4.78 is 16.8. The second-order valence-corrected chi connectivity index (χ2v) is 6.43. The number of methoxy groups -OCH3 is 1. The normalized spacial score (nSPS) is 23.3. The number of aliphatic hydroxyl groups excluding tert-OH is 2. The molecule has 1 aliphatic rings. The van der Waals surface area contributed by atoms with E-state index < -0.39 is 6.10 Å². The molecule has 1 saturated heterocycles. The Morgan fingerprint density at radius 3 is 2.52 bits per heavy atom. The van der Waals surface area contributed by atoms with Gasteiger partial charge in [-0.2, -0.15) is 0 Å². The van der Waals surface area contributed by atoms with Gasteiger partial charge < -0.3 is 24.4 Å².